The van der Waals surface area contributed by atoms with E-state index in [2.05, 4.69) is 5.32 Å². The first kappa shape index (κ1) is 13.5. The van der Waals surface area contributed by atoms with Crippen molar-refractivity contribution in [2.24, 2.45) is 0 Å². The van der Waals surface area contributed by atoms with Gasteiger partial charge in [0.25, 0.3) is 0 Å². The van der Waals surface area contributed by atoms with Crippen LogP contribution in [0.3, 0.4) is 0 Å². The highest BCUT2D eigenvalue weighted by Gasteiger charge is 2.32. The summed E-state index contributed by atoms with van der Waals surface area (Å²) >= 11 is 0. The van der Waals surface area contributed by atoms with Crippen molar-refractivity contribution in [3.05, 3.63) is 0 Å². The van der Waals surface area contributed by atoms with Crippen molar-refractivity contribution in [3.8, 4) is 0 Å². The number of nitrogens with one attached hydrogen (secondary N) is 1. The fraction of sp³-hybridized carbons (Fsp3) is 0.917. The predicted octanol–water partition coefficient (Wildman–Crippen LogP) is 1.22. The maximum Gasteiger partial charge on any atom is 0.222 e. The van der Waals surface area contributed by atoms with E-state index in [-0.39, 0.29) is 18.1 Å². The number of aliphatic hydroxyl groups excluding tert-OH is 1. The van der Waals surface area contributed by atoms with E-state index in [1.807, 2.05) is 6.92 Å². The molecule has 4 nitrogen and oxygen atoms in total. The molecule has 1 fully saturated rings. The van der Waals surface area contributed by atoms with Crippen LogP contribution >= 0.6 is 0 Å². The van der Waals surface area contributed by atoms with Gasteiger partial charge in [0.1, 0.15) is 0 Å². The van der Waals surface area contributed by atoms with Crippen LogP contribution < -0.4 is 5.32 Å². The third-order valence-corrected chi connectivity index (χ3v) is 3.20. The number of rotatable bonds is 6. The van der Waals surface area contributed by atoms with Crippen LogP contribution in [0, 0.1) is 0 Å². The monoisotopic (exact) mass is 229 g/mol. The molecule has 1 saturated carbocycles. The van der Waals surface area contributed by atoms with E-state index in [4.69, 9.17) is 4.74 Å². The predicted molar refractivity (Wildman–Crippen MR) is 62.2 cm³/mol. The Bertz CT molecular complexity index is 212. The number of carbonyl (C=O) groups is 1. The first-order valence-corrected chi connectivity index (χ1v) is 6.22. The summed E-state index contributed by atoms with van der Waals surface area (Å²) in [7, 11) is 0. The maximum atomic E-state index is 11.6. The van der Waals surface area contributed by atoms with E-state index in [1.165, 1.54) is 6.42 Å². The minimum Gasteiger partial charge on any atom is -0.394 e. The quantitative estimate of drug-likeness (QED) is 0.673. The highest BCUT2D eigenvalue weighted by atomic mass is 16.5. The Balaban J connectivity index is 2.33. The molecule has 0 radical (unpaired) electrons. The van der Waals surface area contributed by atoms with E-state index in [0.717, 1.165) is 25.7 Å². The third kappa shape index (κ3) is 4.10. The largest absolute Gasteiger partial charge is 0.394 e. The lowest BCUT2D eigenvalue weighted by Gasteiger charge is -2.36. The van der Waals surface area contributed by atoms with Crippen molar-refractivity contribution < 1.29 is 14.6 Å². The Kier molecular flexibility index (Phi) is 5.77. The summed E-state index contributed by atoms with van der Waals surface area (Å²) in [4.78, 5) is 11.6. The molecule has 16 heavy (non-hydrogen) atoms. The second kappa shape index (κ2) is 6.86. The molecule has 4 heteroatoms. The molecule has 0 unspecified atom stereocenters. The van der Waals surface area contributed by atoms with Crippen LogP contribution in [0.4, 0.5) is 0 Å². The molecule has 0 saturated heterocycles. The van der Waals surface area contributed by atoms with Gasteiger partial charge in [-0.25, -0.2) is 0 Å². The minimum atomic E-state index is -0.360. The topological polar surface area (TPSA) is 58.6 Å². The Morgan fingerprint density at radius 3 is 2.62 bits per heavy atom. The first-order chi connectivity index (χ1) is 7.72. The van der Waals surface area contributed by atoms with Crippen molar-refractivity contribution in [1.82, 2.24) is 5.32 Å². The summed E-state index contributed by atoms with van der Waals surface area (Å²) in [6, 6.07) is 0. The Hall–Kier alpha value is -0.610. The van der Waals surface area contributed by atoms with Gasteiger partial charge in [0.05, 0.1) is 18.8 Å². The summed E-state index contributed by atoms with van der Waals surface area (Å²) in [6.07, 6.45) is 5.55. The van der Waals surface area contributed by atoms with Gasteiger partial charge in [0, 0.05) is 13.0 Å². The van der Waals surface area contributed by atoms with Crippen LogP contribution in [-0.4, -0.2) is 36.4 Å². The standard InChI is InChI=1S/C12H23NO3/c1-2-16-9-6-11(15)13-12(10-14)7-4-3-5-8-12/h14H,2-10H2,1H3,(H,13,15). The first-order valence-electron chi connectivity index (χ1n) is 6.22. The molecule has 0 atom stereocenters. The molecule has 1 rings (SSSR count). The lowest BCUT2D eigenvalue weighted by molar-refractivity contribution is -0.125. The van der Waals surface area contributed by atoms with Gasteiger partial charge in [-0.05, 0) is 19.8 Å². The van der Waals surface area contributed by atoms with Crippen molar-refractivity contribution in [3.63, 3.8) is 0 Å². The highest BCUT2D eigenvalue weighted by Crippen LogP contribution is 2.27. The molecule has 0 bridgehead atoms. The Morgan fingerprint density at radius 2 is 2.06 bits per heavy atom. The van der Waals surface area contributed by atoms with E-state index in [9.17, 15) is 9.90 Å². The normalized spacial score (nSPS) is 19.4. The molecule has 0 aromatic rings. The van der Waals surface area contributed by atoms with Crippen molar-refractivity contribution >= 4 is 5.91 Å². The van der Waals surface area contributed by atoms with Gasteiger partial charge in [-0.3, -0.25) is 4.79 Å². The van der Waals surface area contributed by atoms with Gasteiger partial charge < -0.3 is 15.2 Å². The summed E-state index contributed by atoms with van der Waals surface area (Å²) in [6.45, 7) is 3.06. The lowest BCUT2D eigenvalue weighted by atomic mass is 9.82. The van der Waals surface area contributed by atoms with Gasteiger partial charge in [-0.1, -0.05) is 19.3 Å². The number of ether oxygens (including phenoxy) is 1. The van der Waals surface area contributed by atoms with E-state index >= 15 is 0 Å². The van der Waals surface area contributed by atoms with Crippen molar-refractivity contribution in [2.75, 3.05) is 19.8 Å². The molecule has 0 heterocycles. The zero-order valence-electron chi connectivity index (χ0n) is 10.1. The molecule has 0 spiro atoms. The average Bonchev–Trinajstić information content (AvgIpc) is 2.30. The van der Waals surface area contributed by atoms with Gasteiger partial charge in [-0.15, -0.1) is 0 Å². The lowest BCUT2D eigenvalue weighted by Crippen LogP contribution is -2.52. The summed E-state index contributed by atoms with van der Waals surface area (Å²) in [5, 5.41) is 12.4. The molecule has 1 aliphatic rings. The molecule has 2 N–H and O–H groups in total. The maximum absolute atomic E-state index is 11.6. The van der Waals surface area contributed by atoms with Crippen LogP contribution in [-0.2, 0) is 9.53 Å². The van der Waals surface area contributed by atoms with Crippen LogP contribution in [0.25, 0.3) is 0 Å². The summed E-state index contributed by atoms with van der Waals surface area (Å²) in [5.41, 5.74) is -0.360. The summed E-state index contributed by atoms with van der Waals surface area (Å²) in [5.74, 6) is -0.00981. The van der Waals surface area contributed by atoms with Crippen LogP contribution in [0.15, 0.2) is 0 Å². The summed E-state index contributed by atoms with van der Waals surface area (Å²) < 4.78 is 5.14. The van der Waals surface area contributed by atoms with E-state index in [1.54, 1.807) is 0 Å². The zero-order chi connectivity index (χ0) is 11.9. The fourth-order valence-corrected chi connectivity index (χ4v) is 2.22. The highest BCUT2D eigenvalue weighted by molar-refractivity contribution is 5.76. The van der Waals surface area contributed by atoms with Gasteiger partial charge in [0.2, 0.25) is 5.91 Å². The molecule has 1 aliphatic carbocycles. The van der Waals surface area contributed by atoms with Gasteiger partial charge in [-0.2, -0.15) is 0 Å². The number of amides is 1. The zero-order valence-corrected chi connectivity index (χ0v) is 10.1. The SMILES string of the molecule is CCOCCC(=O)NC1(CO)CCCCC1. The van der Waals surface area contributed by atoms with Crippen molar-refractivity contribution in [2.45, 2.75) is 51.0 Å². The number of carbonyl (C=O) groups excluding carboxylic acids is 1. The minimum absolute atomic E-state index is 0.00981. The number of aliphatic hydroxyl groups is 1. The fourth-order valence-electron chi connectivity index (χ4n) is 2.22. The third-order valence-electron chi connectivity index (χ3n) is 3.20. The van der Waals surface area contributed by atoms with E-state index < -0.39 is 0 Å². The molecular formula is C12H23NO3. The second-order valence-electron chi connectivity index (χ2n) is 4.49. The molecule has 0 aromatic carbocycles. The smallest absolute Gasteiger partial charge is 0.222 e. The number of hydrogen-bond donors (Lipinski definition) is 2. The Morgan fingerprint density at radius 1 is 1.38 bits per heavy atom. The van der Waals surface area contributed by atoms with E-state index in [0.29, 0.717) is 19.6 Å². The Labute approximate surface area is 97.4 Å². The van der Waals surface area contributed by atoms with Crippen LogP contribution in [0.2, 0.25) is 0 Å². The average molecular weight is 229 g/mol. The van der Waals surface area contributed by atoms with Crippen LogP contribution in [0.5, 0.6) is 0 Å². The van der Waals surface area contributed by atoms with Gasteiger partial charge >= 0.3 is 0 Å². The molecule has 1 amide bonds. The second-order valence-corrected chi connectivity index (χ2v) is 4.49. The molecular weight excluding hydrogens is 206 g/mol. The van der Waals surface area contributed by atoms with Crippen LogP contribution in [0.1, 0.15) is 45.4 Å². The van der Waals surface area contributed by atoms with Crippen molar-refractivity contribution in [1.29, 1.82) is 0 Å². The molecule has 0 aliphatic heterocycles. The van der Waals surface area contributed by atoms with Gasteiger partial charge in [0.15, 0.2) is 0 Å². The number of hydrogen-bond acceptors (Lipinski definition) is 3. The molecule has 0 aromatic heterocycles. The molecule has 94 valence electrons.